The van der Waals surface area contributed by atoms with E-state index in [0.717, 1.165) is 17.2 Å². The monoisotopic (exact) mass is 253 g/mol. The predicted molar refractivity (Wildman–Crippen MR) is 59.7 cm³/mol. The molecule has 6 heteroatoms. The summed E-state index contributed by atoms with van der Waals surface area (Å²) < 4.78 is 37.1. The molecule has 2 aromatic heterocycles. The van der Waals surface area contributed by atoms with Crippen LogP contribution in [0.25, 0.3) is 11.3 Å². The van der Waals surface area contributed by atoms with Crippen molar-refractivity contribution in [2.45, 2.75) is 20.0 Å². The van der Waals surface area contributed by atoms with Crippen molar-refractivity contribution in [1.29, 1.82) is 0 Å². The topological polar surface area (TPSA) is 38.7 Å². The lowest BCUT2D eigenvalue weighted by atomic mass is 10.1. The van der Waals surface area contributed by atoms with Crippen molar-refractivity contribution >= 4 is 0 Å². The van der Waals surface area contributed by atoms with Crippen LogP contribution >= 0.6 is 0 Å². The van der Waals surface area contributed by atoms with E-state index in [0.29, 0.717) is 11.3 Å². The second-order valence-electron chi connectivity index (χ2n) is 3.93. The number of hydrogen-bond acceptors (Lipinski definition) is 3. The van der Waals surface area contributed by atoms with Gasteiger partial charge in [-0.15, -0.1) is 0 Å². The third-order valence-electron chi connectivity index (χ3n) is 2.68. The molecule has 2 heterocycles. The van der Waals surface area contributed by atoms with Crippen LogP contribution in [0.1, 0.15) is 16.8 Å². The molecule has 0 radical (unpaired) electrons. The molecule has 0 bridgehead atoms. The normalized spacial score (nSPS) is 11.6. The molecule has 2 rings (SSSR count). The first-order valence-electron chi connectivity index (χ1n) is 5.22. The number of rotatable bonds is 1. The third kappa shape index (κ3) is 2.32. The van der Waals surface area contributed by atoms with Crippen LogP contribution in [-0.4, -0.2) is 15.2 Å². The Labute approximate surface area is 102 Å². The van der Waals surface area contributed by atoms with Gasteiger partial charge in [0.2, 0.25) is 0 Å². The molecule has 3 nitrogen and oxygen atoms in total. The van der Waals surface area contributed by atoms with Crippen LogP contribution in [0.15, 0.2) is 24.5 Å². The summed E-state index contributed by atoms with van der Waals surface area (Å²) in [7, 11) is 0. The van der Waals surface area contributed by atoms with Gasteiger partial charge in [-0.2, -0.15) is 23.4 Å². The average Bonchev–Trinajstić information content (AvgIpc) is 2.32. The molecule has 0 aliphatic carbocycles. The highest BCUT2D eigenvalue weighted by molar-refractivity contribution is 5.62. The molecule has 2 aromatic rings. The first-order chi connectivity index (χ1) is 8.39. The maximum atomic E-state index is 12.4. The highest BCUT2D eigenvalue weighted by Crippen LogP contribution is 2.29. The van der Waals surface area contributed by atoms with Gasteiger partial charge in [0.25, 0.3) is 0 Å². The van der Waals surface area contributed by atoms with Crippen LogP contribution < -0.4 is 0 Å². The van der Waals surface area contributed by atoms with E-state index in [1.807, 2.05) is 13.8 Å². The summed E-state index contributed by atoms with van der Waals surface area (Å²) in [4.78, 5) is 3.40. The summed E-state index contributed by atoms with van der Waals surface area (Å²) in [5, 5.41) is 7.72. The zero-order valence-corrected chi connectivity index (χ0v) is 9.78. The first kappa shape index (κ1) is 12.5. The average molecular weight is 253 g/mol. The number of aromatic nitrogens is 3. The molecule has 0 amide bonds. The van der Waals surface area contributed by atoms with E-state index in [2.05, 4.69) is 15.2 Å². The predicted octanol–water partition coefficient (Wildman–Crippen LogP) is 3.17. The van der Waals surface area contributed by atoms with Gasteiger partial charge in [0.1, 0.15) is 5.69 Å². The molecule has 94 valence electrons. The zero-order chi connectivity index (χ0) is 13.3. The highest BCUT2D eigenvalue weighted by atomic mass is 19.4. The first-order valence-corrected chi connectivity index (χ1v) is 5.22. The lowest BCUT2D eigenvalue weighted by Crippen LogP contribution is -2.07. The van der Waals surface area contributed by atoms with E-state index in [1.54, 1.807) is 6.20 Å². The summed E-state index contributed by atoms with van der Waals surface area (Å²) in [6, 6.07) is 2.30. The molecule has 0 unspecified atom stereocenters. The summed E-state index contributed by atoms with van der Waals surface area (Å²) in [5.41, 5.74) is 1.98. The van der Waals surface area contributed by atoms with Gasteiger partial charge >= 0.3 is 6.18 Å². The minimum atomic E-state index is -4.42. The third-order valence-corrected chi connectivity index (χ3v) is 2.68. The van der Waals surface area contributed by atoms with Gasteiger partial charge in [-0.05, 0) is 37.1 Å². The SMILES string of the molecule is Cc1cnnc(-c2ccc(C(F)(F)F)nc2)c1C. The van der Waals surface area contributed by atoms with E-state index in [4.69, 9.17) is 0 Å². The van der Waals surface area contributed by atoms with E-state index in [1.165, 1.54) is 12.3 Å². The zero-order valence-electron chi connectivity index (χ0n) is 9.78. The summed E-state index contributed by atoms with van der Waals surface area (Å²) in [6.07, 6.45) is -1.65. The standard InChI is InChI=1S/C12H10F3N3/c1-7-5-17-18-11(8(7)2)9-3-4-10(16-6-9)12(13,14)15/h3-6H,1-2H3. The highest BCUT2D eigenvalue weighted by Gasteiger charge is 2.32. The fraction of sp³-hybridized carbons (Fsp3) is 0.250. The molecule has 0 aliphatic rings. The molecule has 0 aliphatic heterocycles. The maximum Gasteiger partial charge on any atom is 0.433 e. The largest absolute Gasteiger partial charge is 0.433 e. The molecular weight excluding hydrogens is 243 g/mol. The number of alkyl halides is 3. The molecule has 0 saturated heterocycles. The number of pyridine rings is 1. The van der Waals surface area contributed by atoms with Crippen molar-refractivity contribution in [3.63, 3.8) is 0 Å². The number of halogens is 3. The minimum Gasteiger partial charge on any atom is -0.251 e. The van der Waals surface area contributed by atoms with Crippen LogP contribution in [0, 0.1) is 13.8 Å². The lowest BCUT2D eigenvalue weighted by Gasteiger charge is -2.08. The molecule has 0 spiro atoms. The fourth-order valence-electron chi connectivity index (χ4n) is 1.51. The smallest absolute Gasteiger partial charge is 0.251 e. The Balaban J connectivity index is 2.44. The van der Waals surface area contributed by atoms with Crippen LogP contribution in [0.4, 0.5) is 13.2 Å². The van der Waals surface area contributed by atoms with Crippen molar-refractivity contribution in [2.75, 3.05) is 0 Å². The van der Waals surface area contributed by atoms with Gasteiger partial charge in [-0.25, -0.2) is 0 Å². The summed E-state index contributed by atoms with van der Waals surface area (Å²) in [5.74, 6) is 0. The molecule has 0 fully saturated rings. The minimum absolute atomic E-state index is 0.525. The molecule has 0 saturated carbocycles. The van der Waals surface area contributed by atoms with E-state index in [9.17, 15) is 13.2 Å². The van der Waals surface area contributed by atoms with Gasteiger partial charge in [0, 0.05) is 11.8 Å². The summed E-state index contributed by atoms with van der Waals surface area (Å²) in [6.45, 7) is 3.71. The Kier molecular flexibility index (Phi) is 3.02. The van der Waals surface area contributed by atoms with Crippen molar-refractivity contribution in [1.82, 2.24) is 15.2 Å². The molecule has 0 aromatic carbocycles. The van der Waals surface area contributed by atoms with E-state index < -0.39 is 11.9 Å². The number of aryl methyl sites for hydroxylation is 1. The Morgan fingerprint density at radius 3 is 2.33 bits per heavy atom. The van der Waals surface area contributed by atoms with Gasteiger partial charge in [0.15, 0.2) is 0 Å². The van der Waals surface area contributed by atoms with Crippen LogP contribution in [-0.2, 0) is 6.18 Å². The number of hydrogen-bond donors (Lipinski definition) is 0. The lowest BCUT2D eigenvalue weighted by molar-refractivity contribution is -0.141. The number of nitrogens with zero attached hydrogens (tertiary/aromatic N) is 3. The Morgan fingerprint density at radius 1 is 1.06 bits per heavy atom. The summed E-state index contributed by atoms with van der Waals surface area (Å²) >= 11 is 0. The molecular formula is C12H10F3N3. The Bertz CT molecular complexity index is 562. The van der Waals surface area contributed by atoms with Crippen molar-refractivity contribution in [3.05, 3.63) is 41.3 Å². The van der Waals surface area contributed by atoms with Gasteiger partial charge in [-0.3, -0.25) is 4.98 Å². The molecule has 0 atom stereocenters. The molecule has 0 N–H and O–H groups in total. The van der Waals surface area contributed by atoms with Crippen LogP contribution in [0.2, 0.25) is 0 Å². The van der Waals surface area contributed by atoms with E-state index in [-0.39, 0.29) is 0 Å². The Hall–Kier alpha value is -1.98. The maximum absolute atomic E-state index is 12.4. The quantitative estimate of drug-likeness (QED) is 0.783. The second-order valence-corrected chi connectivity index (χ2v) is 3.93. The fourth-order valence-corrected chi connectivity index (χ4v) is 1.51. The molecule has 18 heavy (non-hydrogen) atoms. The second kappa shape index (κ2) is 4.36. The Morgan fingerprint density at radius 2 is 1.78 bits per heavy atom. The van der Waals surface area contributed by atoms with Crippen molar-refractivity contribution in [2.24, 2.45) is 0 Å². The van der Waals surface area contributed by atoms with Crippen LogP contribution in [0.3, 0.4) is 0 Å². The van der Waals surface area contributed by atoms with Gasteiger partial charge in [0.05, 0.1) is 11.9 Å². The van der Waals surface area contributed by atoms with Crippen molar-refractivity contribution in [3.8, 4) is 11.3 Å². The van der Waals surface area contributed by atoms with Gasteiger partial charge in [-0.1, -0.05) is 0 Å². The van der Waals surface area contributed by atoms with Crippen molar-refractivity contribution < 1.29 is 13.2 Å². The van der Waals surface area contributed by atoms with Crippen LogP contribution in [0.5, 0.6) is 0 Å². The van der Waals surface area contributed by atoms with Gasteiger partial charge < -0.3 is 0 Å². The van der Waals surface area contributed by atoms with E-state index >= 15 is 0 Å².